The van der Waals surface area contributed by atoms with Gasteiger partial charge in [-0.15, -0.1) is 0 Å². The molecule has 1 saturated carbocycles. The zero-order valence-corrected chi connectivity index (χ0v) is 16.9. The van der Waals surface area contributed by atoms with Crippen LogP contribution in [0.4, 0.5) is 0 Å². The van der Waals surface area contributed by atoms with E-state index in [1.54, 1.807) is 13.8 Å². The van der Waals surface area contributed by atoms with Gasteiger partial charge in [0, 0.05) is 17.6 Å². The number of amides is 2. The summed E-state index contributed by atoms with van der Waals surface area (Å²) >= 11 is 0. The van der Waals surface area contributed by atoms with E-state index in [9.17, 15) is 18.0 Å². The van der Waals surface area contributed by atoms with Crippen LogP contribution < -0.4 is 15.4 Å². The van der Waals surface area contributed by atoms with Gasteiger partial charge in [0.2, 0.25) is 15.9 Å². The van der Waals surface area contributed by atoms with Crippen molar-refractivity contribution in [2.24, 2.45) is 5.92 Å². The lowest BCUT2D eigenvalue weighted by Gasteiger charge is -2.29. The van der Waals surface area contributed by atoms with Gasteiger partial charge in [0.1, 0.15) is 0 Å². The number of benzene rings is 1. The number of carbonyl (C=O) groups excluding carboxylic acids is 2. The molecule has 0 unspecified atom stereocenters. The summed E-state index contributed by atoms with van der Waals surface area (Å²) in [5.74, 6) is -0.169. The Morgan fingerprint density at radius 2 is 1.74 bits per heavy atom. The SMILES string of the molecule is CC(C)NS(=O)(=O)c1ccc(C(=O)NCC(=O)N[C@@H]2CCCC[C@@H]2C)cc1. The predicted octanol–water partition coefficient (Wildman–Crippen LogP) is 1.80. The van der Waals surface area contributed by atoms with Gasteiger partial charge in [-0.3, -0.25) is 9.59 Å². The predicted molar refractivity (Wildman–Crippen MR) is 104 cm³/mol. The van der Waals surface area contributed by atoms with Gasteiger partial charge >= 0.3 is 0 Å². The molecule has 0 radical (unpaired) electrons. The quantitative estimate of drug-likeness (QED) is 0.655. The van der Waals surface area contributed by atoms with Crippen LogP contribution >= 0.6 is 0 Å². The summed E-state index contributed by atoms with van der Waals surface area (Å²) in [6, 6.07) is 5.58. The first kappa shape index (κ1) is 21.4. The van der Waals surface area contributed by atoms with Crippen molar-refractivity contribution in [1.29, 1.82) is 0 Å². The number of rotatable bonds is 7. The van der Waals surface area contributed by atoms with E-state index in [4.69, 9.17) is 0 Å². The van der Waals surface area contributed by atoms with Crippen molar-refractivity contribution in [3.8, 4) is 0 Å². The van der Waals surface area contributed by atoms with E-state index < -0.39 is 15.9 Å². The molecule has 3 N–H and O–H groups in total. The van der Waals surface area contributed by atoms with Crippen molar-refractivity contribution in [3.63, 3.8) is 0 Å². The Balaban J connectivity index is 1.87. The fourth-order valence-electron chi connectivity index (χ4n) is 3.21. The average molecular weight is 396 g/mol. The first-order chi connectivity index (χ1) is 12.7. The van der Waals surface area contributed by atoms with Gasteiger partial charge in [-0.05, 0) is 56.9 Å². The Morgan fingerprint density at radius 3 is 2.33 bits per heavy atom. The molecule has 0 spiro atoms. The molecule has 1 aromatic rings. The molecule has 0 heterocycles. The fraction of sp³-hybridized carbons (Fsp3) is 0.579. The van der Waals surface area contributed by atoms with Crippen LogP contribution in [0.1, 0.15) is 56.8 Å². The van der Waals surface area contributed by atoms with E-state index in [0.717, 1.165) is 19.3 Å². The molecule has 27 heavy (non-hydrogen) atoms. The molecule has 0 aromatic heterocycles. The monoisotopic (exact) mass is 395 g/mol. The lowest BCUT2D eigenvalue weighted by molar-refractivity contribution is -0.121. The summed E-state index contributed by atoms with van der Waals surface area (Å²) in [6.07, 6.45) is 4.39. The van der Waals surface area contributed by atoms with E-state index in [2.05, 4.69) is 22.3 Å². The molecule has 7 nitrogen and oxygen atoms in total. The van der Waals surface area contributed by atoms with Crippen molar-refractivity contribution in [2.75, 3.05) is 6.54 Å². The number of nitrogens with one attached hydrogen (secondary N) is 3. The zero-order chi connectivity index (χ0) is 20.0. The van der Waals surface area contributed by atoms with Gasteiger partial charge in [-0.25, -0.2) is 13.1 Å². The first-order valence-corrected chi connectivity index (χ1v) is 10.9. The van der Waals surface area contributed by atoms with Crippen LogP contribution in [0, 0.1) is 5.92 Å². The van der Waals surface area contributed by atoms with Crippen molar-refractivity contribution in [2.45, 2.75) is 63.4 Å². The maximum Gasteiger partial charge on any atom is 0.251 e. The largest absolute Gasteiger partial charge is 0.352 e. The van der Waals surface area contributed by atoms with Crippen LogP contribution in [0.25, 0.3) is 0 Å². The van der Waals surface area contributed by atoms with Crippen LogP contribution in [-0.2, 0) is 14.8 Å². The molecule has 150 valence electrons. The molecule has 2 atom stereocenters. The van der Waals surface area contributed by atoms with Gasteiger partial charge in [0.05, 0.1) is 11.4 Å². The molecule has 2 rings (SSSR count). The van der Waals surface area contributed by atoms with Crippen molar-refractivity contribution in [3.05, 3.63) is 29.8 Å². The van der Waals surface area contributed by atoms with Gasteiger partial charge in [-0.2, -0.15) is 0 Å². The highest BCUT2D eigenvalue weighted by Gasteiger charge is 2.23. The highest BCUT2D eigenvalue weighted by molar-refractivity contribution is 7.89. The van der Waals surface area contributed by atoms with E-state index in [1.165, 1.54) is 30.7 Å². The normalized spacial score (nSPS) is 20.3. The molecule has 2 amide bonds. The Labute approximate surface area is 161 Å². The maximum atomic E-state index is 12.2. The third-order valence-electron chi connectivity index (χ3n) is 4.69. The summed E-state index contributed by atoms with van der Waals surface area (Å²) in [7, 11) is -3.60. The summed E-state index contributed by atoms with van der Waals surface area (Å²) in [4.78, 5) is 24.3. The van der Waals surface area contributed by atoms with Crippen LogP contribution in [0.3, 0.4) is 0 Å². The fourth-order valence-corrected chi connectivity index (χ4v) is 4.47. The second-order valence-corrected chi connectivity index (χ2v) is 9.13. The molecule has 1 fully saturated rings. The van der Waals surface area contributed by atoms with Gasteiger partial charge in [0.15, 0.2) is 0 Å². The minimum Gasteiger partial charge on any atom is -0.352 e. The first-order valence-electron chi connectivity index (χ1n) is 9.39. The lowest BCUT2D eigenvalue weighted by Crippen LogP contribution is -2.45. The number of sulfonamides is 1. The summed E-state index contributed by atoms with van der Waals surface area (Å²) < 4.78 is 26.7. The standard InChI is InChI=1S/C19H29N3O4S/c1-13(2)22-27(25,26)16-10-8-15(9-11-16)19(24)20-12-18(23)21-17-7-5-4-6-14(17)3/h8-11,13-14,17,22H,4-7,12H2,1-3H3,(H,20,24)(H,21,23)/t14-,17+/m0/s1. The van der Waals surface area contributed by atoms with Crippen molar-refractivity contribution >= 4 is 21.8 Å². The highest BCUT2D eigenvalue weighted by Crippen LogP contribution is 2.23. The van der Waals surface area contributed by atoms with Crippen LogP contribution in [0.2, 0.25) is 0 Å². The Kier molecular flexibility index (Phi) is 7.38. The van der Waals surface area contributed by atoms with Crippen LogP contribution in [0.5, 0.6) is 0 Å². The number of carbonyl (C=O) groups is 2. The molecule has 1 aliphatic carbocycles. The van der Waals surface area contributed by atoms with Gasteiger partial charge < -0.3 is 10.6 Å². The van der Waals surface area contributed by atoms with Gasteiger partial charge in [-0.1, -0.05) is 19.8 Å². The Morgan fingerprint density at radius 1 is 1.11 bits per heavy atom. The van der Waals surface area contributed by atoms with E-state index >= 15 is 0 Å². The molecular weight excluding hydrogens is 366 g/mol. The second kappa shape index (κ2) is 9.32. The number of hydrogen-bond acceptors (Lipinski definition) is 4. The third kappa shape index (κ3) is 6.32. The summed E-state index contributed by atoms with van der Waals surface area (Å²) in [5, 5.41) is 5.56. The van der Waals surface area contributed by atoms with E-state index in [-0.39, 0.29) is 29.4 Å². The zero-order valence-electron chi connectivity index (χ0n) is 16.1. The topological polar surface area (TPSA) is 104 Å². The van der Waals surface area contributed by atoms with Crippen LogP contribution in [0.15, 0.2) is 29.2 Å². The molecule has 1 aliphatic rings. The number of hydrogen-bond donors (Lipinski definition) is 3. The Hall–Kier alpha value is -1.93. The van der Waals surface area contributed by atoms with Crippen LogP contribution in [-0.4, -0.2) is 38.9 Å². The molecule has 0 saturated heterocycles. The molecule has 0 bridgehead atoms. The molecule has 8 heteroatoms. The molecule has 1 aromatic carbocycles. The van der Waals surface area contributed by atoms with E-state index in [0.29, 0.717) is 11.5 Å². The second-order valence-electron chi connectivity index (χ2n) is 7.42. The van der Waals surface area contributed by atoms with Crippen molar-refractivity contribution in [1.82, 2.24) is 15.4 Å². The molecular formula is C19H29N3O4S. The minimum absolute atomic E-state index is 0.0942. The Bertz CT molecular complexity index is 760. The third-order valence-corrected chi connectivity index (χ3v) is 6.36. The minimum atomic E-state index is -3.60. The average Bonchev–Trinajstić information content (AvgIpc) is 2.61. The maximum absolute atomic E-state index is 12.2. The van der Waals surface area contributed by atoms with Crippen molar-refractivity contribution < 1.29 is 18.0 Å². The summed E-state index contributed by atoms with van der Waals surface area (Å²) in [6.45, 7) is 5.50. The van der Waals surface area contributed by atoms with E-state index in [1.807, 2.05) is 0 Å². The summed E-state index contributed by atoms with van der Waals surface area (Å²) in [5.41, 5.74) is 0.303. The lowest BCUT2D eigenvalue weighted by atomic mass is 9.86. The van der Waals surface area contributed by atoms with Gasteiger partial charge in [0.25, 0.3) is 5.91 Å². The smallest absolute Gasteiger partial charge is 0.251 e. The highest BCUT2D eigenvalue weighted by atomic mass is 32.2. The molecule has 0 aliphatic heterocycles.